The van der Waals surface area contributed by atoms with Crippen LogP contribution >= 0.6 is 6.89 Å². The number of carbonyl (C=O) groups excluding carboxylic acids is 1. The molecule has 0 aliphatic carbocycles. The number of aliphatic carboxylic acids is 1. The van der Waals surface area contributed by atoms with Crippen LogP contribution in [0.15, 0.2) is 91.0 Å². The molecule has 5 heteroatoms. The summed E-state index contributed by atoms with van der Waals surface area (Å²) < 4.78 is 5.72. The van der Waals surface area contributed by atoms with Gasteiger partial charge in [0.2, 0.25) is 0 Å². The zero-order valence-corrected chi connectivity index (χ0v) is 18.7. The fourth-order valence-electron chi connectivity index (χ4n) is 3.67. The van der Waals surface area contributed by atoms with Gasteiger partial charge in [-0.2, -0.15) is 0 Å². The van der Waals surface area contributed by atoms with Crippen molar-refractivity contribution in [3.05, 3.63) is 91.0 Å². The van der Waals surface area contributed by atoms with Crippen LogP contribution in [0, 0.1) is 0 Å². The van der Waals surface area contributed by atoms with E-state index in [2.05, 4.69) is 0 Å². The molecule has 31 heavy (non-hydrogen) atoms. The van der Waals surface area contributed by atoms with Crippen LogP contribution in [-0.4, -0.2) is 28.4 Å². The largest absolute Gasteiger partial charge is 0.481 e. The van der Waals surface area contributed by atoms with Crippen LogP contribution in [0.5, 0.6) is 0 Å². The lowest BCUT2D eigenvalue weighted by Crippen LogP contribution is -2.36. The Morgan fingerprint density at radius 1 is 0.806 bits per heavy atom. The smallest absolute Gasteiger partial charge is 0.335 e. The minimum absolute atomic E-state index is 0.295. The maximum Gasteiger partial charge on any atom is 0.335 e. The third-order valence-corrected chi connectivity index (χ3v) is 9.64. The summed E-state index contributed by atoms with van der Waals surface area (Å²) >= 11 is 0. The van der Waals surface area contributed by atoms with E-state index in [-0.39, 0.29) is 12.5 Å². The van der Waals surface area contributed by atoms with E-state index in [1.54, 1.807) is 0 Å². The number of hydrogen-bond donors (Lipinski definition) is 1. The summed E-state index contributed by atoms with van der Waals surface area (Å²) in [4.78, 5) is 25.5. The number of benzene rings is 3. The van der Waals surface area contributed by atoms with Crippen molar-refractivity contribution < 1.29 is 19.4 Å². The first-order chi connectivity index (χ1) is 15.0. The Morgan fingerprint density at radius 2 is 1.19 bits per heavy atom. The second-order valence-electron chi connectivity index (χ2n) is 7.32. The fraction of sp³-hybridized carbons (Fsp3) is 0.192. The van der Waals surface area contributed by atoms with Gasteiger partial charge in [-0.1, -0.05) is 97.9 Å². The second-order valence-corrected chi connectivity index (χ2v) is 10.7. The predicted molar refractivity (Wildman–Crippen MR) is 128 cm³/mol. The molecule has 0 heterocycles. The first kappa shape index (κ1) is 22.6. The highest BCUT2D eigenvalue weighted by Gasteiger charge is 2.35. The van der Waals surface area contributed by atoms with Crippen molar-refractivity contribution in [2.24, 2.45) is 0 Å². The van der Waals surface area contributed by atoms with Gasteiger partial charge in [0.25, 0.3) is 0 Å². The molecule has 0 aromatic heterocycles. The third-order valence-electron chi connectivity index (χ3n) is 5.27. The zero-order chi connectivity index (χ0) is 22.3. The summed E-state index contributed by atoms with van der Waals surface area (Å²) in [5.74, 6) is -1.59. The molecular weight excluding hydrogens is 407 g/mol. The van der Waals surface area contributed by atoms with E-state index in [1.165, 1.54) is 0 Å². The van der Waals surface area contributed by atoms with Crippen molar-refractivity contribution in [3.8, 4) is 0 Å². The van der Waals surface area contributed by atoms with Crippen LogP contribution in [-0.2, 0) is 14.3 Å². The zero-order valence-electron chi connectivity index (χ0n) is 17.8. The lowest BCUT2D eigenvalue weighted by Gasteiger charge is -2.32. The van der Waals surface area contributed by atoms with Crippen molar-refractivity contribution in [2.45, 2.75) is 32.8 Å². The maximum atomic E-state index is 13.5. The quantitative estimate of drug-likeness (QED) is 0.431. The number of carbonyl (C=O) groups is 2. The minimum atomic E-state index is -2.78. The van der Waals surface area contributed by atoms with Crippen LogP contribution < -0.4 is 15.9 Å². The summed E-state index contributed by atoms with van der Waals surface area (Å²) in [6, 6.07) is 29.2. The lowest BCUT2D eigenvalue weighted by molar-refractivity contribution is -0.141. The highest BCUT2D eigenvalue weighted by molar-refractivity contribution is 7.96. The molecule has 3 aromatic carbocycles. The van der Waals surface area contributed by atoms with Gasteiger partial charge in [0.05, 0.1) is 17.8 Å². The van der Waals surface area contributed by atoms with Crippen LogP contribution in [0.25, 0.3) is 0 Å². The molecule has 0 saturated carbocycles. The Labute approximate surface area is 183 Å². The summed E-state index contributed by atoms with van der Waals surface area (Å²) in [6.45, 7) is 0.978. The van der Waals surface area contributed by atoms with E-state index in [1.807, 2.05) is 105 Å². The first-order valence-corrected chi connectivity index (χ1v) is 12.1. The Morgan fingerprint density at radius 3 is 1.52 bits per heavy atom. The molecule has 0 aliphatic rings. The van der Waals surface area contributed by atoms with Gasteiger partial charge in [0.1, 0.15) is 0 Å². The number of esters is 1. The molecule has 1 atom stereocenters. The number of hydrogen-bond acceptors (Lipinski definition) is 3. The standard InChI is InChI=1S/C26H27O4P/c1-3-20(2)30-26(29)24(19-25(27)28)31(21-13-7-4-8-14-21,22-15-9-5-10-16-22)23-17-11-6-12-18-23/h4-18,20H,3,19H2,1-2H3,(H,27,28). The Bertz CT molecular complexity index is 973. The Kier molecular flexibility index (Phi) is 7.49. The predicted octanol–water partition coefficient (Wildman–Crippen LogP) is 3.97. The molecule has 0 saturated heterocycles. The molecule has 0 fully saturated rings. The number of carboxylic acid groups (broad SMARTS) is 1. The van der Waals surface area contributed by atoms with Gasteiger partial charge in [0, 0.05) is 0 Å². The van der Waals surface area contributed by atoms with Crippen LogP contribution in [0.4, 0.5) is 0 Å². The molecule has 1 unspecified atom stereocenters. The molecule has 0 radical (unpaired) electrons. The van der Waals surface area contributed by atoms with Gasteiger partial charge in [0.15, 0.2) is 0 Å². The van der Waals surface area contributed by atoms with Crippen molar-refractivity contribution in [1.82, 2.24) is 0 Å². The maximum absolute atomic E-state index is 13.5. The highest BCUT2D eigenvalue weighted by Crippen LogP contribution is 2.47. The number of rotatable bonds is 8. The molecular formula is C26H27O4P. The van der Waals surface area contributed by atoms with Crippen LogP contribution in [0.3, 0.4) is 0 Å². The molecule has 0 aliphatic heterocycles. The van der Waals surface area contributed by atoms with Crippen molar-refractivity contribution in [1.29, 1.82) is 0 Å². The normalized spacial score (nSPS) is 12.1. The van der Waals surface area contributed by atoms with Gasteiger partial charge in [-0.3, -0.25) is 4.79 Å². The molecule has 0 amide bonds. The second kappa shape index (κ2) is 10.3. The van der Waals surface area contributed by atoms with E-state index < -0.39 is 18.8 Å². The van der Waals surface area contributed by atoms with Gasteiger partial charge in [-0.25, -0.2) is 4.79 Å². The number of carboxylic acids is 1. The van der Waals surface area contributed by atoms with E-state index in [4.69, 9.17) is 4.74 Å². The number of ether oxygens (including phenoxy) is 1. The van der Waals surface area contributed by atoms with Crippen molar-refractivity contribution in [3.63, 3.8) is 0 Å². The van der Waals surface area contributed by atoms with Crippen molar-refractivity contribution in [2.75, 3.05) is 0 Å². The molecule has 0 bridgehead atoms. The topological polar surface area (TPSA) is 63.6 Å². The van der Waals surface area contributed by atoms with Gasteiger partial charge in [-0.15, -0.1) is 0 Å². The third kappa shape index (κ3) is 4.81. The monoisotopic (exact) mass is 434 g/mol. The molecule has 3 rings (SSSR count). The summed E-state index contributed by atoms with van der Waals surface area (Å²) in [5, 5.41) is 12.9. The fourth-order valence-corrected chi connectivity index (χ4v) is 8.06. The van der Waals surface area contributed by atoms with Gasteiger partial charge in [-0.05, 0) is 36.1 Å². The van der Waals surface area contributed by atoms with Crippen LogP contribution in [0.2, 0.25) is 0 Å². The minimum Gasteiger partial charge on any atom is -0.481 e. The first-order valence-electron chi connectivity index (χ1n) is 10.3. The van der Waals surface area contributed by atoms with Crippen molar-refractivity contribution >= 4 is 40.0 Å². The molecule has 160 valence electrons. The molecule has 3 aromatic rings. The lowest BCUT2D eigenvalue weighted by atomic mass is 10.3. The van der Waals surface area contributed by atoms with Gasteiger partial charge >= 0.3 is 11.9 Å². The Balaban J connectivity index is 2.52. The van der Waals surface area contributed by atoms with Crippen LogP contribution in [0.1, 0.15) is 26.7 Å². The molecule has 0 spiro atoms. The average molecular weight is 434 g/mol. The van der Waals surface area contributed by atoms with E-state index in [9.17, 15) is 14.7 Å². The van der Waals surface area contributed by atoms with Gasteiger partial charge < -0.3 is 9.84 Å². The van der Waals surface area contributed by atoms with E-state index >= 15 is 0 Å². The summed E-state index contributed by atoms with van der Waals surface area (Å²) in [6.07, 6.45) is -0.0399. The van der Waals surface area contributed by atoms with E-state index in [0.29, 0.717) is 11.7 Å². The summed E-state index contributed by atoms with van der Waals surface area (Å²) in [5.41, 5.74) is 0. The van der Waals surface area contributed by atoms with E-state index in [0.717, 1.165) is 15.9 Å². The Hall–Kier alpha value is -3.10. The average Bonchev–Trinajstić information content (AvgIpc) is 2.80. The molecule has 4 nitrogen and oxygen atoms in total. The molecule has 1 N–H and O–H groups in total. The highest BCUT2D eigenvalue weighted by atomic mass is 31.2. The summed E-state index contributed by atoms with van der Waals surface area (Å²) in [7, 11) is 0. The SMILES string of the molecule is CCC(C)OC(=O)C(CC(=O)O)=P(c1ccccc1)(c1ccccc1)c1ccccc1.